The van der Waals surface area contributed by atoms with Gasteiger partial charge >= 0.3 is 0 Å². The molecule has 1 fully saturated rings. The van der Waals surface area contributed by atoms with Gasteiger partial charge in [-0.25, -0.2) is 9.37 Å². The Hall–Kier alpha value is -2.17. The lowest BCUT2D eigenvalue weighted by atomic mass is 10.1. The van der Waals surface area contributed by atoms with Crippen molar-refractivity contribution in [1.82, 2.24) is 9.97 Å². The molecule has 0 unspecified atom stereocenters. The minimum atomic E-state index is -0.290. The van der Waals surface area contributed by atoms with Crippen molar-refractivity contribution < 1.29 is 4.39 Å². The molecule has 2 aliphatic rings. The highest BCUT2D eigenvalue weighted by molar-refractivity contribution is 5.74. The molecule has 0 amide bonds. The van der Waals surface area contributed by atoms with E-state index in [1.54, 1.807) is 12.3 Å². The van der Waals surface area contributed by atoms with E-state index >= 15 is 0 Å². The third-order valence-electron chi connectivity index (χ3n) is 4.01. The van der Waals surface area contributed by atoms with Gasteiger partial charge in [-0.15, -0.1) is 0 Å². The van der Waals surface area contributed by atoms with Crippen LogP contribution in [0.3, 0.4) is 0 Å². The highest BCUT2D eigenvalue weighted by Crippen LogP contribution is 2.37. The van der Waals surface area contributed by atoms with E-state index in [1.165, 1.54) is 0 Å². The number of anilines is 2. The molecule has 4 rings (SSSR count). The number of halogens is 1. The van der Waals surface area contributed by atoms with Crippen molar-refractivity contribution in [2.75, 3.05) is 23.3 Å². The van der Waals surface area contributed by atoms with Crippen LogP contribution in [0.25, 0.3) is 11.3 Å². The van der Waals surface area contributed by atoms with Crippen molar-refractivity contribution in [1.29, 1.82) is 0 Å². The first kappa shape index (κ1) is 11.6. The van der Waals surface area contributed by atoms with Gasteiger partial charge in [-0.1, -0.05) is 0 Å². The topological polar surface area (TPSA) is 41.1 Å². The number of aromatic nitrogens is 2. The molecule has 0 aromatic carbocycles. The zero-order valence-electron chi connectivity index (χ0n) is 11.2. The van der Waals surface area contributed by atoms with Gasteiger partial charge in [0.25, 0.3) is 0 Å². The molecular formula is C15H15FN4. The summed E-state index contributed by atoms with van der Waals surface area (Å²) in [7, 11) is 0. The second-order valence-electron chi connectivity index (χ2n) is 5.45. The zero-order valence-corrected chi connectivity index (χ0v) is 11.2. The van der Waals surface area contributed by atoms with Gasteiger partial charge in [0.15, 0.2) is 11.6 Å². The summed E-state index contributed by atoms with van der Waals surface area (Å²) in [6, 6.07) is 5.75. The minimum Gasteiger partial charge on any atom is -0.366 e. The number of aryl methyl sites for hydroxylation is 1. The van der Waals surface area contributed by atoms with Crippen LogP contribution in [0, 0.1) is 12.7 Å². The van der Waals surface area contributed by atoms with Gasteiger partial charge in [-0.2, -0.15) is 0 Å². The monoisotopic (exact) mass is 270 g/mol. The van der Waals surface area contributed by atoms with Crippen molar-refractivity contribution in [3.8, 4) is 11.3 Å². The van der Waals surface area contributed by atoms with E-state index in [0.29, 0.717) is 17.3 Å². The summed E-state index contributed by atoms with van der Waals surface area (Å²) < 4.78 is 14.3. The Balaban J connectivity index is 1.82. The number of rotatable bonds is 1. The highest BCUT2D eigenvalue weighted by atomic mass is 19.1. The highest BCUT2D eigenvalue weighted by Gasteiger charge is 2.31. The first-order valence-corrected chi connectivity index (χ1v) is 6.86. The van der Waals surface area contributed by atoms with Crippen LogP contribution in [-0.4, -0.2) is 29.1 Å². The van der Waals surface area contributed by atoms with E-state index < -0.39 is 0 Å². The fraction of sp³-hybridized carbons (Fsp3) is 0.333. The Morgan fingerprint density at radius 2 is 2.30 bits per heavy atom. The Bertz CT molecular complexity index is 668. The summed E-state index contributed by atoms with van der Waals surface area (Å²) in [5.74, 6) is 0.497. The normalized spacial score (nSPS) is 19.7. The van der Waals surface area contributed by atoms with Crippen molar-refractivity contribution in [2.24, 2.45) is 0 Å². The minimum absolute atomic E-state index is 0.290. The van der Waals surface area contributed by atoms with Crippen molar-refractivity contribution >= 4 is 11.5 Å². The lowest BCUT2D eigenvalue weighted by Gasteiger charge is -2.28. The zero-order chi connectivity index (χ0) is 13.7. The van der Waals surface area contributed by atoms with Crippen LogP contribution in [0.1, 0.15) is 12.1 Å². The number of pyridine rings is 2. The summed E-state index contributed by atoms with van der Waals surface area (Å²) in [4.78, 5) is 10.9. The first-order valence-electron chi connectivity index (χ1n) is 6.86. The third-order valence-corrected chi connectivity index (χ3v) is 4.01. The van der Waals surface area contributed by atoms with Crippen LogP contribution in [0.4, 0.5) is 15.9 Å². The molecule has 2 aromatic rings. The van der Waals surface area contributed by atoms with Gasteiger partial charge in [0, 0.05) is 42.7 Å². The molecule has 1 N–H and O–H groups in total. The molecule has 0 radical (unpaired) electrons. The average Bonchev–Trinajstić information content (AvgIpc) is 2.84. The Kier molecular flexibility index (Phi) is 2.42. The fourth-order valence-electron chi connectivity index (χ4n) is 2.93. The van der Waals surface area contributed by atoms with Gasteiger partial charge in [0.05, 0.1) is 5.69 Å². The van der Waals surface area contributed by atoms with Crippen LogP contribution >= 0.6 is 0 Å². The van der Waals surface area contributed by atoms with Gasteiger partial charge < -0.3 is 10.2 Å². The maximum atomic E-state index is 14.3. The van der Waals surface area contributed by atoms with Gasteiger partial charge in [-0.05, 0) is 25.5 Å². The molecule has 2 aromatic heterocycles. The molecular weight excluding hydrogens is 255 g/mol. The molecule has 5 heteroatoms. The average molecular weight is 270 g/mol. The lowest BCUT2D eigenvalue weighted by molar-refractivity contribution is 0.624. The van der Waals surface area contributed by atoms with E-state index in [4.69, 9.17) is 0 Å². The molecule has 4 heterocycles. The number of hydrogen-bond acceptors (Lipinski definition) is 4. The molecule has 2 bridgehead atoms. The quantitative estimate of drug-likeness (QED) is 0.864. The number of nitrogens with one attached hydrogen (secondary N) is 1. The summed E-state index contributed by atoms with van der Waals surface area (Å²) in [5, 5.41) is 3.40. The Morgan fingerprint density at radius 1 is 1.40 bits per heavy atom. The smallest absolute Gasteiger partial charge is 0.151 e. The second-order valence-corrected chi connectivity index (χ2v) is 5.45. The van der Waals surface area contributed by atoms with Crippen LogP contribution < -0.4 is 10.2 Å². The number of fused-ring (bicyclic) bond motifs is 4. The molecule has 4 nitrogen and oxygen atoms in total. The first-order chi connectivity index (χ1) is 9.70. The maximum absolute atomic E-state index is 14.3. The third kappa shape index (κ3) is 1.73. The summed E-state index contributed by atoms with van der Waals surface area (Å²) in [6.45, 7) is 3.82. The number of hydrogen-bond donors (Lipinski definition) is 1. The predicted octanol–water partition coefficient (Wildman–Crippen LogP) is 2.60. The van der Waals surface area contributed by atoms with Crippen molar-refractivity contribution in [3.05, 3.63) is 35.9 Å². The molecule has 102 valence electrons. The van der Waals surface area contributed by atoms with Crippen LogP contribution in [0.15, 0.2) is 24.4 Å². The van der Waals surface area contributed by atoms with Crippen molar-refractivity contribution in [2.45, 2.75) is 19.4 Å². The van der Waals surface area contributed by atoms with E-state index in [1.807, 2.05) is 19.1 Å². The predicted molar refractivity (Wildman–Crippen MR) is 76.4 cm³/mol. The molecule has 2 aliphatic heterocycles. The lowest BCUT2D eigenvalue weighted by Crippen LogP contribution is -2.32. The summed E-state index contributed by atoms with van der Waals surface area (Å²) in [5.41, 5.74) is 2.87. The molecule has 0 spiro atoms. The number of nitrogens with zero attached hydrogens (tertiary/aromatic N) is 3. The SMILES string of the molecule is Cc1ccc(-c2nc3c(cc2F)N2CC[C@@H](C2)N3)cn1. The van der Waals surface area contributed by atoms with Crippen molar-refractivity contribution in [3.63, 3.8) is 0 Å². The van der Waals surface area contributed by atoms with E-state index in [9.17, 15) is 4.39 Å². The Labute approximate surface area is 116 Å². The maximum Gasteiger partial charge on any atom is 0.151 e. The van der Waals surface area contributed by atoms with E-state index in [-0.39, 0.29) is 5.82 Å². The van der Waals surface area contributed by atoms with Crippen LogP contribution in [-0.2, 0) is 0 Å². The molecule has 1 atom stereocenters. The van der Waals surface area contributed by atoms with Gasteiger partial charge in [-0.3, -0.25) is 4.98 Å². The standard InChI is InChI=1S/C15H15FN4/c1-9-2-3-10(7-17-9)14-12(16)6-13-15(19-14)18-11-4-5-20(13)8-11/h2-3,6-7,11H,4-5,8H2,1H3,(H,18,19)/t11-/m0/s1. The van der Waals surface area contributed by atoms with Gasteiger partial charge in [0.1, 0.15) is 5.69 Å². The summed E-state index contributed by atoms with van der Waals surface area (Å²) >= 11 is 0. The van der Waals surface area contributed by atoms with E-state index in [0.717, 1.165) is 36.7 Å². The van der Waals surface area contributed by atoms with Crippen LogP contribution in [0.2, 0.25) is 0 Å². The van der Waals surface area contributed by atoms with Crippen LogP contribution in [0.5, 0.6) is 0 Å². The molecule has 20 heavy (non-hydrogen) atoms. The van der Waals surface area contributed by atoms with Gasteiger partial charge in [0.2, 0.25) is 0 Å². The Morgan fingerprint density at radius 3 is 3.10 bits per heavy atom. The fourth-order valence-corrected chi connectivity index (χ4v) is 2.93. The summed E-state index contributed by atoms with van der Waals surface area (Å²) in [6.07, 6.45) is 2.75. The molecule has 0 saturated carbocycles. The van der Waals surface area contributed by atoms with E-state index in [2.05, 4.69) is 20.2 Å². The second kappa shape index (κ2) is 4.16. The largest absolute Gasteiger partial charge is 0.366 e. The molecule has 0 aliphatic carbocycles. The molecule has 1 saturated heterocycles.